The van der Waals surface area contributed by atoms with Crippen LogP contribution in [0.3, 0.4) is 0 Å². The summed E-state index contributed by atoms with van der Waals surface area (Å²) in [5.41, 5.74) is 2.80. The molecule has 0 saturated carbocycles. The zero-order valence-corrected chi connectivity index (χ0v) is 6.72. The SMILES string of the molecule is C=CC1=CC(C)C(CC)=C1. The Morgan fingerprint density at radius 2 is 2.40 bits per heavy atom. The average molecular weight is 134 g/mol. The Morgan fingerprint density at radius 3 is 2.70 bits per heavy atom. The van der Waals surface area contributed by atoms with E-state index in [4.69, 9.17) is 0 Å². The van der Waals surface area contributed by atoms with E-state index in [0.717, 1.165) is 6.42 Å². The van der Waals surface area contributed by atoms with Crippen LogP contribution in [0.5, 0.6) is 0 Å². The molecule has 54 valence electrons. The third-order valence-corrected chi connectivity index (χ3v) is 2.02. The van der Waals surface area contributed by atoms with Gasteiger partial charge in [-0.15, -0.1) is 0 Å². The molecular weight excluding hydrogens is 120 g/mol. The maximum atomic E-state index is 3.73. The number of hydrogen-bond donors (Lipinski definition) is 0. The molecule has 0 heteroatoms. The standard InChI is InChI=1S/C10H14/c1-4-9-6-8(3)10(5-2)7-9/h4,6-8H,1,5H2,2-3H3. The van der Waals surface area contributed by atoms with Gasteiger partial charge in [-0.2, -0.15) is 0 Å². The van der Waals surface area contributed by atoms with Gasteiger partial charge in [0.2, 0.25) is 0 Å². The molecule has 0 aromatic rings. The first kappa shape index (κ1) is 7.33. The fourth-order valence-corrected chi connectivity index (χ4v) is 1.34. The molecule has 1 unspecified atom stereocenters. The molecule has 0 N–H and O–H groups in total. The molecule has 1 atom stereocenters. The van der Waals surface area contributed by atoms with Gasteiger partial charge < -0.3 is 0 Å². The fraction of sp³-hybridized carbons (Fsp3) is 0.400. The Hall–Kier alpha value is -0.780. The summed E-state index contributed by atoms with van der Waals surface area (Å²) in [6.07, 6.45) is 7.57. The van der Waals surface area contributed by atoms with Crippen molar-refractivity contribution < 1.29 is 0 Å². The van der Waals surface area contributed by atoms with Gasteiger partial charge in [0.15, 0.2) is 0 Å². The highest BCUT2D eigenvalue weighted by atomic mass is 14.1. The molecule has 0 saturated heterocycles. The molecule has 0 aromatic carbocycles. The molecule has 1 aliphatic rings. The summed E-state index contributed by atoms with van der Waals surface area (Å²) in [7, 11) is 0. The molecule has 0 nitrogen and oxygen atoms in total. The van der Waals surface area contributed by atoms with Crippen LogP contribution >= 0.6 is 0 Å². The molecular formula is C10H14. The predicted molar refractivity (Wildman–Crippen MR) is 45.8 cm³/mol. The van der Waals surface area contributed by atoms with Crippen LogP contribution in [0.25, 0.3) is 0 Å². The van der Waals surface area contributed by atoms with Gasteiger partial charge in [0.25, 0.3) is 0 Å². The second-order valence-electron chi connectivity index (χ2n) is 2.73. The normalized spacial score (nSPS) is 24.0. The van der Waals surface area contributed by atoms with Crippen molar-refractivity contribution in [1.29, 1.82) is 0 Å². The van der Waals surface area contributed by atoms with Gasteiger partial charge in [-0.05, 0) is 17.9 Å². The van der Waals surface area contributed by atoms with Crippen molar-refractivity contribution in [2.75, 3.05) is 0 Å². The number of allylic oxidation sites excluding steroid dienone is 5. The van der Waals surface area contributed by atoms with E-state index in [9.17, 15) is 0 Å². The molecule has 0 fully saturated rings. The zero-order valence-electron chi connectivity index (χ0n) is 6.72. The first-order chi connectivity index (χ1) is 4.77. The molecule has 0 bridgehead atoms. The van der Waals surface area contributed by atoms with Gasteiger partial charge in [0.05, 0.1) is 0 Å². The Labute approximate surface area is 62.9 Å². The van der Waals surface area contributed by atoms with Crippen LogP contribution in [0.15, 0.2) is 36.0 Å². The highest BCUT2D eigenvalue weighted by molar-refractivity contribution is 5.40. The molecule has 0 aliphatic heterocycles. The van der Waals surface area contributed by atoms with Crippen LogP contribution in [0.1, 0.15) is 20.3 Å². The van der Waals surface area contributed by atoms with Crippen molar-refractivity contribution in [2.45, 2.75) is 20.3 Å². The van der Waals surface area contributed by atoms with Crippen LogP contribution in [0.4, 0.5) is 0 Å². The Kier molecular flexibility index (Phi) is 2.10. The van der Waals surface area contributed by atoms with E-state index in [1.807, 2.05) is 6.08 Å². The first-order valence-corrected chi connectivity index (χ1v) is 3.82. The maximum absolute atomic E-state index is 3.73. The Bertz CT molecular complexity index is 194. The predicted octanol–water partition coefficient (Wildman–Crippen LogP) is 3.08. The minimum absolute atomic E-state index is 0.637. The third kappa shape index (κ3) is 1.21. The largest absolute Gasteiger partial charge is 0.0985 e. The molecule has 0 radical (unpaired) electrons. The number of rotatable bonds is 2. The molecule has 1 rings (SSSR count). The van der Waals surface area contributed by atoms with Crippen LogP contribution in [-0.4, -0.2) is 0 Å². The summed E-state index contributed by atoms with van der Waals surface area (Å²) in [5.74, 6) is 0.637. The second kappa shape index (κ2) is 2.87. The van der Waals surface area contributed by atoms with E-state index in [0.29, 0.717) is 5.92 Å². The van der Waals surface area contributed by atoms with Gasteiger partial charge in [-0.3, -0.25) is 0 Å². The second-order valence-corrected chi connectivity index (χ2v) is 2.73. The summed E-state index contributed by atoms with van der Waals surface area (Å²) in [4.78, 5) is 0. The average Bonchev–Trinajstić information content (AvgIpc) is 2.30. The third-order valence-electron chi connectivity index (χ3n) is 2.02. The molecule has 0 aromatic heterocycles. The van der Waals surface area contributed by atoms with E-state index in [1.54, 1.807) is 0 Å². The fourth-order valence-electron chi connectivity index (χ4n) is 1.34. The lowest BCUT2D eigenvalue weighted by atomic mass is 10.0. The van der Waals surface area contributed by atoms with E-state index in [-0.39, 0.29) is 0 Å². The van der Waals surface area contributed by atoms with Crippen molar-refractivity contribution in [3.05, 3.63) is 36.0 Å². The molecule has 1 aliphatic carbocycles. The number of hydrogen-bond acceptors (Lipinski definition) is 0. The lowest BCUT2D eigenvalue weighted by Gasteiger charge is -2.01. The van der Waals surface area contributed by atoms with E-state index in [2.05, 4.69) is 32.6 Å². The first-order valence-electron chi connectivity index (χ1n) is 3.82. The van der Waals surface area contributed by atoms with Gasteiger partial charge in [0, 0.05) is 0 Å². The summed E-state index contributed by atoms with van der Waals surface area (Å²) >= 11 is 0. The van der Waals surface area contributed by atoms with Crippen molar-refractivity contribution >= 4 is 0 Å². The maximum Gasteiger partial charge on any atom is -0.00394 e. The lowest BCUT2D eigenvalue weighted by molar-refractivity contribution is 0.826. The molecule has 10 heavy (non-hydrogen) atoms. The monoisotopic (exact) mass is 134 g/mol. The minimum Gasteiger partial charge on any atom is -0.0985 e. The van der Waals surface area contributed by atoms with Crippen LogP contribution in [0, 0.1) is 5.92 Å². The highest BCUT2D eigenvalue weighted by Crippen LogP contribution is 2.26. The Balaban J connectivity index is 2.76. The van der Waals surface area contributed by atoms with E-state index >= 15 is 0 Å². The van der Waals surface area contributed by atoms with E-state index in [1.165, 1.54) is 11.1 Å². The topological polar surface area (TPSA) is 0 Å². The molecule has 0 heterocycles. The van der Waals surface area contributed by atoms with Gasteiger partial charge in [-0.25, -0.2) is 0 Å². The van der Waals surface area contributed by atoms with Crippen LogP contribution < -0.4 is 0 Å². The molecule has 0 amide bonds. The van der Waals surface area contributed by atoms with Gasteiger partial charge in [0.1, 0.15) is 0 Å². The summed E-state index contributed by atoms with van der Waals surface area (Å²) < 4.78 is 0. The van der Waals surface area contributed by atoms with Crippen molar-refractivity contribution in [3.8, 4) is 0 Å². The minimum atomic E-state index is 0.637. The summed E-state index contributed by atoms with van der Waals surface area (Å²) in [6.45, 7) is 8.16. The highest BCUT2D eigenvalue weighted by Gasteiger charge is 2.10. The van der Waals surface area contributed by atoms with E-state index < -0.39 is 0 Å². The van der Waals surface area contributed by atoms with Crippen molar-refractivity contribution in [1.82, 2.24) is 0 Å². The molecule has 0 spiro atoms. The van der Waals surface area contributed by atoms with Gasteiger partial charge in [-0.1, -0.05) is 44.2 Å². The smallest absolute Gasteiger partial charge is 0.00394 e. The summed E-state index contributed by atoms with van der Waals surface area (Å²) in [5, 5.41) is 0. The zero-order chi connectivity index (χ0) is 7.56. The van der Waals surface area contributed by atoms with Crippen molar-refractivity contribution in [2.24, 2.45) is 5.92 Å². The van der Waals surface area contributed by atoms with Crippen LogP contribution in [-0.2, 0) is 0 Å². The Morgan fingerprint density at radius 1 is 1.70 bits per heavy atom. The van der Waals surface area contributed by atoms with Crippen molar-refractivity contribution in [3.63, 3.8) is 0 Å². The van der Waals surface area contributed by atoms with Crippen LogP contribution in [0.2, 0.25) is 0 Å². The quantitative estimate of drug-likeness (QED) is 0.544. The lowest BCUT2D eigenvalue weighted by Crippen LogP contribution is -1.87. The van der Waals surface area contributed by atoms with Gasteiger partial charge >= 0.3 is 0 Å². The summed E-state index contributed by atoms with van der Waals surface area (Å²) in [6, 6.07) is 0.